The Kier molecular flexibility index (Phi) is 5.62. The Morgan fingerprint density at radius 1 is 1.44 bits per heavy atom. The molecule has 94 valence electrons. The topological polar surface area (TPSA) is 55.1 Å². The van der Waals surface area contributed by atoms with Crippen molar-refractivity contribution in [3.05, 3.63) is 0 Å². The van der Waals surface area contributed by atoms with E-state index in [1.807, 2.05) is 18.7 Å². The highest BCUT2D eigenvalue weighted by atomic mass is 32.2. The van der Waals surface area contributed by atoms with Gasteiger partial charge in [-0.25, -0.2) is 0 Å². The lowest BCUT2D eigenvalue weighted by atomic mass is 9.88. The Morgan fingerprint density at radius 2 is 2.06 bits per heavy atom. The van der Waals surface area contributed by atoms with Crippen LogP contribution in [-0.2, 0) is 4.79 Å². The van der Waals surface area contributed by atoms with Gasteiger partial charge in [-0.3, -0.25) is 4.79 Å². The molecule has 4 heteroatoms. The molecule has 0 spiro atoms. The molecular weight excluding hydrogens is 220 g/mol. The van der Waals surface area contributed by atoms with Crippen LogP contribution in [0.1, 0.15) is 45.4 Å². The monoisotopic (exact) mass is 244 g/mol. The summed E-state index contributed by atoms with van der Waals surface area (Å²) >= 11 is 1.90. The number of rotatable bonds is 5. The summed E-state index contributed by atoms with van der Waals surface area (Å²) in [6, 6.07) is -0.345. The van der Waals surface area contributed by atoms with Crippen molar-refractivity contribution in [1.82, 2.24) is 5.32 Å². The summed E-state index contributed by atoms with van der Waals surface area (Å²) in [5, 5.41) is 3.01. The zero-order valence-electron chi connectivity index (χ0n) is 10.4. The fourth-order valence-electron chi connectivity index (χ4n) is 2.21. The summed E-state index contributed by atoms with van der Waals surface area (Å²) in [5.74, 6) is 0.00139. The molecule has 1 aliphatic rings. The summed E-state index contributed by atoms with van der Waals surface area (Å²) in [4.78, 5) is 11.6. The van der Waals surface area contributed by atoms with E-state index in [1.54, 1.807) is 0 Å². The van der Waals surface area contributed by atoms with E-state index in [1.165, 1.54) is 32.1 Å². The summed E-state index contributed by atoms with van der Waals surface area (Å²) in [5.41, 5.74) is 5.70. The van der Waals surface area contributed by atoms with Crippen molar-refractivity contribution < 1.29 is 4.79 Å². The van der Waals surface area contributed by atoms with E-state index in [9.17, 15) is 4.79 Å². The molecule has 0 bridgehead atoms. The Balaban J connectivity index is 2.41. The first-order valence-corrected chi connectivity index (χ1v) is 7.44. The Bertz CT molecular complexity index is 227. The van der Waals surface area contributed by atoms with Crippen LogP contribution in [0, 0.1) is 0 Å². The molecule has 0 aromatic heterocycles. The van der Waals surface area contributed by atoms with Gasteiger partial charge < -0.3 is 11.1 Å². The van der Waals surface area contributed by atoms with E-state index in [4.69, 9.17) is 5.73 Å². The quantitative estimate of drug-likeness (QED) is 0.776. The number of nitrogens with two attached hydrogens (primary N) is 1. The molecule has 1 saturated carbocycles. The van der Waals surface area contributed by atoms with Crippen LogP contribution < -0.4 is 11.1 Å². The van der Waals surface area contributed by atoms with Crippen LogP contribution in [0.25, 0.3) is 0 Å². The van der Waals surface area contributed by atoms with Gasteiger partial charge >= 0.3 is 0 Å². The highest BCUT2D eigenvalue weighted by Crippen LogP contribution is 2.37. The lowest BCUT2D eigenvalue weighted by molar-refractivity contribution is -0.122. The molecule has 0 unspecified atom stereocenters. The van der Waals surface area contributed by atoms with Gasteiger partial charge in [-0.2, -0.15) is 11.8 Å². The zero-order chi connectivity index (χ0) is 12.0. The normalized spacial score (nSPS) is 21.4. The van der Waals surface area contributed by atoms with Crippen LogP contribution in [0.3, 0.4) is 0 Å². The molecule has 1 aliphatic carbocycles. The van der Waals surface area contributed by atoms with E-state index in [0.29, 0.717) is 6.42 Å². The Labute approximate surface area is 103 Å². The summed E-state index contributed by atoms with van der Waals surface area (Å²) in [6.07, 6.45) is 9.21. The van der Waals surface area contributed by atoms with Gasteiger partial charge in [0.15, 0.2) is 0 Å². The van der Waals surface area contributed by atoms with E-state index in [0.717, 1.165) is 6.54 Å². The van der Waals surface area contributed by atoms with Crippen LogP contribution in [0.15, 0.2) is 0 Å². The van der Waals surface area contributed by atoms with Crippen LogP contribution in [0.5, 0.6) is 0 Å². The highest BCUT2D eigenvalue weighted by Gasteiger charge is 2.31. The average molecular weight is 244 g/mol. The third-order valence-corrected chi connectivity index (χ3v) is 4.98. The molecule has 3 N–H and O–H groups in total. The third kappa shape index (κ3) is 3.67. The predicted octanol–water partition coefficient (Wildman–Crippen LogP) is 1.91. The fraction of sp³-hybridized carbons (Fsp3) is 0.917. The highest BCUT2D eigenvalue weighted by molar-refractivity contribution is 8.00. The van der Waals surface area contributed by atoms with Crippen molar-refractivity contribution in [3.63, 3.8) is 0 Å². The second-order valence-electron chi connectivity index (χ2n) is 4.68. The molecule has 0 heterocycles. The number of hydrogen-bond acceptors (Lipinski definition) is 3. The van der Waals surface area contributed by atoms with Crippen molar-refractivity contribution in [1.29, 1.82) is 0 Å². The van der Waals surface area contributed by atoms with Gasteiger partial charge in [0, 0.05) is 11.3 Å². The molecule has 1 fully saturated rings. The third-order valence-electron chi connectivity index (χ3n) is 3.56. The minimum Gasteiger partial charge on any atom is -0.353 e. The van der Waals surface area contributed by atoms with Gasteiger partial charge in [0.25, 0.3) is 0 Å². The van der Waals surface area contributed by atoms with E-state index >= 15 is 0 Å². The second-order valence-corrected chi connectivity index (χ2v) is 5.95. The van der Waals surface area contributed by atoms with Crippen molar-refractivity contribution in [2.45, 2.75) is 56.2 Å². The molecule has 0 aromatic rings. The number of carbonyl (C=O) groups excluding carboxylic acids is 1. The van der Waals surface area contributed by atoms with Gasteiger partial charge in [0.1, 0.15) is 0 Å². The maximum atomic E-state index is 11.6. The first-order chi connectivity index (χ1) is 7.63. The molecule has 0 aliphatic heterocycles. The van der Waals surface area contributed by atoms with Crippen LogP contribution in [0.2, 0.25) is 0 Å². The summed E-state index contributed by atoms with van der Waals surface area (Å²) in [7, 11) is 0. The van der Waals surface area contributed by atoms with Gasteiger partial charge in [-0.1, -0.05) is 26.2 Å². The van der Waals surface area contributed by atoms with Gasteiger partial charge in [0.05, 0.1) is 6.04 Å². The molecule has 3 nitrogen and oxygen atoms in total. The molecule has 0 radical (unpaired) electrons. The molecule has 1 rings (SSSR count). The number of thioether (sulfide) groups is 1. The summed E-state index contributed by atoms with van der Waals surface area (Å²) < 4.78 is 0.265. The SMILES string of the molecule is CC[C@H](N)C(=O)NCC1(SC)CCCCC1. The number of hydrogen-bond donors (Lipinski definition) is 2. The van der Waals surface area contributed by atoms with Crippen LogP contribution in [-0.4, -0.2) is 29.5 Å². The van der Waals surface area contributed by atoms with Gasteiger partial charge in [-0.15, -0.1) is 0 Å². The smallest absolute Gasteiger partial charge is 0.236 e. The summed E-state index contributed by atoms with van der Waals surface area (Å²) in [6.45, 7) is 2.72. The van der Waals surface area contributed by atoms with Crippen LogP contribution >= 0.6 is 11.8 Å². The zero-order valence-corrected chi connectivity index (χ0v) is 11.2. The molecule has 0 saturated heterocycles. The largest absolute Gasteiger partial charge is 0.353 e. The minimum atomic E-state index is -0.345. The number of carbonyl (C=O) groups is 1. The van der Waals surface area contributed by atoms with Gasteiger partial charge in [-0.05, 0) is 25.5 Å². The van der Waals surface area contributed by atoms with E-state index in [-0.39, 0.29) is 16.7 Å². The lowest BCUT2D eigenvalue weighted by Gasteiger charge is -2.36. The Hall–Kier alpha value is -0.220. The molecule has 16 heavy (non-hydrogen) atoms. The molecular formula is C12H24N2OS. The van der Waals surface area contributed by atoms with Crippen molar-refractivity contribution in [2.24, 2.45) is 5.73 Å². The number of amides is 1. The van der Waals surface area contributed by atoms with Crippen molar-refractivity contribution in [3.8, 4) is 0 Å². The van der Waals surface area contributed by atoms with E-state index in [2.05, 4.69) is 11.6 Å². The minimum absolute atomic E-state index is 0.00139. The Morgan fingerprint density at radius 3 is 2.56 bits per heavy atom. The van der Waals surface area contributed by atoms with Crippen molar-refractivity contribution >= 4 is 17.7 Å². The first-order valence-electron chi connectivity index (χ1n) is 6.22. The van der Waals surface area contributed by atoms with Crippen molar-refractivity contribution in [2.75, 3.05) is 12.8 Å². The second kappa shape index (κ2) is 6.50. The average Bonchev–Trinajstić information content (AvgIpc) is 2.36. The van der Waals surface area contributed by atoms with Gasteiger partial charge in [0.2, 0.25) is 5.91 Å². The lowest BCUT2D eigenvalue weighted by Crippen LogP contribution is -2.47. The maximum Gasteiger partial charge on any atom is 0.236 e. The van der Waals surface area contributed by atoms with E-state index < -0.39 is 0 Å². The van der Waals surface area contributed by atoms with Crippen LogP contribution in [0.4, 0.5) is 0 Å². The molecule has 1 amide bonds. The molecule has 1 atom stereocenters. The fourth-order valence-corrected chi connectivity index (χ4v) is 3.13. The predicted molar refractivity (Wildman–Crippen MR) is 70.6 cm³/mol. The first kappa shape index (κ1) is 13.8. The maximum absolute atomic E-state index is 11.6. The molecule has 0 aromatic carbocycles. The standard InChI is InChI=1S/C12H24N2OS/c1-3-10(13)11(15)14-9-12(16-2)7-5-4-6-8-12/h10H,3-9,13H2,1-2H3,(H,14,15)/t10-/m0/s1. The number of nitrogens with one attached hydrogen (secondary N) is 1.